The first-order valence-corrected chi connectivity index (χ1v) is 8.10. The Labute approximate surface area is 146 Å². The fraction of sp³-hybridized carbons (Fsp3) is 0.588. The van der Waals surface area contributed by atoms with Crippen molar-refractivity contribution in [1.29, 1.82) is 0 Å². The number of nitrogens with one attached hydrogen (secondary N) is 1. The highest BCUT2D eigenvalue weighted by atomic mass is 35.5. The van der Waals surface area contributed by atoms with Crippen LogP contribution in [0.4, 0.5) is 14.5 Å². The molecule has 0 amide bonds. The number of alkyl halides is 2. The van der Waals surface area contributed by atoms with E-state index in [0.717, 1.165) is 30.8 Å². The van der Waals surface area contributed by atoms with Gasteiger partial charge in [-0.3, -0.25) is 4.79 Å². The average Bonchev–Trinajstić information content (AvgIpc) is 3.14. The van der Waals surface area contributed by atoms with Gasteiger partial charge < -0.3 is 15.3 Å². The van der Waals surface area contributed by atoms with Crippen molar-refractivity contribution in [2.24, 2.45) is 11.8 Å². The molecular weight excluding hydrogens is 338 g/mol. The number of nitrogens with zero attached hydrogens (tertiary/aromatic N) is 1. The van der Waals surface area contributed by atoms with E-state index in [1.807, 2.05) is 24.3 Å². The summed E-state index contributed by atoms with van der Waals surface area (Å²) in [7, 11) is 0. The van der Waals surface area contributed by atoms with Crippen molar-refractivity contribution in [3.8, 4) is 0 Å². The Morgan fingerprint density at radius 3 is 2.83 bits per heavy atom. The Hall–Kier alpha value is -1.40. The number of anilines is 1. The molecule has 0 bridgehead atoms. The summed E-state index contributed by atoms with van der Waals surface area (Å²) in [5, 5.41) is 12.7. The van der Waals surface area contributed by atoms with Crippen LogP contribution in [0.1, 0.15) is 18.4 Å². The second kappa shape index (κ2) is 7.66. The summed E-state index contributed by atoms with van der Waals surface area (Å²) in [5.74, 6) is -3.71. The minimum atomic E-state index is -2.63. The normalized spacial score (nSPS) is 23.8. The largest absolute Gasteiger partial charge is 0.481 e. The van der Waals surface area contributed by atoms with Crippen LogP contribution >= 0.6 is 12.4 Å². The third-order valence-corrected chi connectivity index (χ3v) is 4.89. The molecule has 24 heavy (non-hydrogen) atoms. The molecule has 1 aromatic carbocycles. The predicted octanol–water partition coefficient (Wildman–Crippen LogP) is 2.81. The summed E-state index contributed by atoms with van der Waals surface area (Å²) >= 11 is 0. The molecule has 0 aromatic heterocycles. The second-order valence-electron chi connectivity index (χ2n) is 6.60. The van der Waals surface area contributed by atoms with Crippen molar-refractivity contribution >= 4 is 24.1 Å². The first-order chi connectivity index (χ1) is 10.9. The maximum atomic E-state index is 13.4. The van der Waals surface area contributed by atoms with Crippen molar-refractivity contribution in [2.45, 2.75) is 25.2 Å². The van der Waals surface area contributed by atoms with Crippen LogP contribution in [0.5, 0.6) is 0 Å². The lowest BCUT2D eigenvalue weighted by atomic mass is 9.86. The molecule has 3 rings (SSSR count). The van der Waals surface area contributed by atoms with Crippen LogP contribution in [0.25, 0.3) is 0 Å². The minimum absolute atomic E-state index is 0. The molecule has 1 aromatic rings. The van der Waals surface area contributed by atoms with Gasteiger partial charge in [0.05, 0.1) is 12.5 Å². The van der Waals surface area contributed by atoms with Crippen molar-refractivity contribution < 1.29 is 18.7 Å². The van der Waals surface area contributed by atoms with Gasteiger partial charge in [0.25, 0.3) is 5.92 Å². The van der Waals surface area contributed by atoms with E-state index in [1.54, 1.807) is 4.90 Å². The van der Waals surface area contributed by atoms with E-state index >= 15 is 0 Å². The molecule has 0 radical (unpaired) electrons. The highest BCUT2D eigenvalue weighted by Gasteiger charge is 2.38. The van der Waals surface area contributed by atoms with Crippen LogP contribution in [-0.4, -0.2) is 43.2 Å². The van der Waals surface area contributed by atoms with Gasteiger partial charge in [0.15, 0.2) is 0 Å². The number of aliphatic carboxylic acids is 1. The first-order valence-electron chi connectivity index (χ1n) is 8.10. The van der Waals surface area contributed by atoms with Gasteiger partial charge in [-0.25, -0.2) is 8.78 Å². The molecule has 2 N–H and O–H groups in total. The summed E-state index contributed by atoms with van der Waals surface area (Å²) in [6.07, 6.45) is 1.19. The summed E-state index contributed by atoms with van der Waals surface area (Å²) in [5.41, 5.74) is 1.66. The fourth-order valence-electron chi connectivity index (χ4n) is 3.57. The van der Waals surface area contributed by atoms with E-state index in [2.05, 4.69) is 5.32 Å². The van der Waals surface area contributed by atoms with Crippen molar-refractivity contribution in [1.82, 2.24) is 5.32 Å². The number of carboxylic acid groups (broad SMARTS) is 1. The van der Waals surface area contributed by atoms with Crippen LogP contribution in [0.15, 0.2) is 24.3 Å². The van der Waals surface area contributed by atoms with Crippen LogP contribution < -0.4 is 10.2 Å². The molecular formula is C17H23ClF2N2O2. The molecule has 0 saturated carbocycles. The Balaban J connectivity index is 0.00000208. The van der Waals surface area contributed by atoms with Gasteiger partial charge in [-0.15, -0.1) is 12.4 Å². The molecule has 7 heteroatoms. The van der Waals surface area contributed by atoms with Crippen molar-refractivity contribution in [3.63, 3.8) is 0 Å². The molecule has 2 aliphatic rings. The standard InChI is InChI=1S/C17H22F2N2O2.ClH/c18-17(19)5-7-21(11-17)14-3-1-2-12(8-14)9-15(16(22)23)13-4-6-20-10-13;/h1-3,8,13,15,20H,4-7,9-11H2,(H,22,23);1H/t13-,15-;/m0./s1. The highest BCUT2D eigenvalue weighted by Crippen LogP contribution is 2.32. The zero-order valence-electron chi connectivity index (χ0n) is 13.4. The highest BCUT2D eigenvalue weighted by molar-refractivity contribution is 5.85. The zero-order chi connectivity index (χ0) is 16.4. The molecule has 2 aliphatic heterocycles. The van der Waals surface area contributed by atoms with E-state index in [1.165, 1.54) is 0 Å². The molecule has 2 atom stereocenters. The minimum Gasteiger partial charge on any atom is -0.481 e. The Morgan fingerprint density at radius 2 is 2.25 bits per heavy atom. The van der Waals surface area contributed by atoms with Crippen LogP contribution in [0, 0.1) is 11.8 Å². The van der Waals surface area contributed by atoms with Gasteiger partial charge in [0, 0.05) is 18.7 Å². The van der Waals surface area contributed by atoms with Crippen LogP contribution in [0.2, 0.25) is 0 Å². The first kappa shape index (κ1) is 18.9. The molecule has 2 heterocycles. The lowest BCUT2D eigenvalue weighted by molar-refractivity contribution is -0.143. The Kier molecular flexibility index (Phi) is 6.04. The maximum Gasteiger partial charge on any atom is 0.307 e. The lowest BCUT2D eigenvalue weighted by Crippen LogP contribution is -2.28. The molecule has 134 valence electrons. The predicted molar refractivity (Wildman–Crippen MR) is 91.3 cm³/mol. The maximum absolute atomic E-state index is 13.4. The van der Waals surface area contributed by atoms with E-state index in [4.69, 9.17) is 0 Å². The molecule has 0 aliphatic carbocycles. The van der Waals surface area contributed by atoms with Gasteiger partial charge in [-0.1, -0.05) is 12.1 Å². The molecule has 0 unspecified atom stereocenters. The van der Waals surface area contributed by atoms with Crippen molar-refractivity contribution in [2.75, 3.05) is 31.1 Å². The Morgan fingerprint density at radius 1 is 1.46 bits per heavy atom. The third kappa shape index (κ3) is 4.36. The van der Waals surface area contributed by atoms with Crippen LogP contribution in [-0.2, 0) is 11.2 Å². The number of carboxylic acids is 1. The summed E-state index contributed by atoms with van der Waals surface area (Å²) in [6, 6.07) is 7.39. The van der Waals surface area contributed by atoms with Crippen LogP contribution in [0.3, 0.4) is 0 Å². The monoisotopic (exact) mass is 360 g/mol. The van der Waals surface area contributed by atoms with Crippen molar-refractivity contribution in [3.05, 3.63) is 29.8 Å². The van der Waals surface area contributed by atoms with Gasteiger partial charge in [-0.05, 0) is 49.5 Å². The summed E-state index contributed by atoms with van der Waals surface area (Å²) in [6.45, 7) is 1.67. The number of halogens is 3. The van der Waals surface area contributed by atoms with E-state index in [9.17, 15) is 18.7 Å². The topological polar surface area (TPSA) is 52.6 Å². The SMILES string of the molecule is Cl.O=C(O)[C@@H](Cc1cccc(N2CCC(F)(F)C2)c1)[C@H]1CCNC1. The smallest absolute Gasteiger partial charge is 0.307 e. The molecule has 2 fully saturated rings. The number of carbonyl (C=O) groups is 1. The average molecular weight is 361 g/mol. The molecule has 0 spiro atoms. The summed E-state index contributed by atoms with van der Waals surface area (Å²) < 4.78 is 26.7. The quantitative estimate of drug-likeness (QED) is 0.847. The van der Waals surface area contributed by atoms with Gasteiger partial charge in [-0.2, -0.15) is 0 Å². The van der Waals surface area contributed by atoms with E-state index in [-0.39, 0.29) is 31.3 Å². The molecule has 2 saturated heterocycles. The zero-order valence-corrected chi connectivity index (χ0v) is 14.2. The second-order valence-corrected chi connectivity index (χ2v) is 6.60. The number of benzene rings is 1. The van der Waals surface area contributed by atoms with E-state index < -0.39 is 17.8 Å². The number of rotatable bonds is 5. The van der Waals surface area contributed by atoms with Gasteiger partial charge in [0.2, 0.25) is 0 Å². The number of hydrogen-bond acceptors (Lipinski definition) is 3. The van der Waals surface area contributed by atoms with E-state index in [0.29, 0.717) is 13.0 Å². The fourth-order valence-corrected chi connectivity index (χ4v) is 3.57. The summed E-state index contributed by atoms with van der Waals surface area (Å²) in [4.78, 5) is 13.3. The molecule has 4 nitrogen and oxygen atoms in total. The third-order valence-electron chi connectivity index (χ3n) is 4.89. The van der Waals surface area contributed by atoms with Gasteiger partial charge >= 0.3 is 5.97 Å². The lowest BCUT2D eigenvalue weighted by Gasteiger charge is -2.21. The Bertz CT molecular complexity index is 579. The number of hydrogen-bond donors (Lipinski definition) is 2. The van der Waals surface area contributed by atoms with Gasteiger partial charge in [0.1, 0.15) is 0 Å².